The van der Waals surface area contributed by atoms with E-state index in [0.717, 1.165) is 35.7 Å². The van der Waals surface area contributed by atoms with Crippen molar-refractivity contribution < 1.29 is 4.79 Å². The zero-order valence-electron chi connectivity index (χ0n) is 15.6. The average molecular weight is 395 g/mol. The van der Waals surface area contributed by atoms with Crippen LogP contribution in [-0.2, 0) is 11.2 Å². The molecule has 0 atom stereocenters. The van der Waals surface area contributed by atoms with Crippen molar-refractivity contribution in [2.24, 2.45) is 0 Å². The Labute approximate surface area is 169 Å². The third kappa shape index (κ3) is 4.37. The number of aryl methyl sites for hydroxylation is 1. The highest BCUT2D eigenvalue weighted by molar-refractivity contribution is 6.31. The molecule has 2 aromatic carbocycles. The van der Waals surface area contributed by atoms with Gasteiger partial charge in [-0.15, -0.1) is 0 Å². The summed E-state index contributed by atoms with van der Waals surface area (Å²) in [7, 11) is 0. The molecule has 1 amide bonds. The van der Waals surface area contributed by atoms with Gasteiger partial charge in [0.1, 0.15) is 0 Å². The molecule has 0 radical (unpaired) electrons. The minimum atomic E-state index is -0.0184. The molecule has 144 valence electrons. The fraction of sp³-hybridized carbons (Fsp3) is 0.273. The van der Waals surface area contributed by atoms with E-state index in [1.165, 1.54) is 12.8 Å². The lowest BCUT2D eigenvalue weighted by atomic mass is 10.2. The predicted octanol–water partition coefficient (Wildman–Crippen LogP) is 4.70. The fourth-order valence-corrected chi connectivity index (χ4v) is 3.70. The van der Waals surface area contributed by atoms with Crippen molar-refractivity contribution in [3.05, 3.63) is 71.5 Å². The summed E-state index contributed by atoms with van der Waals surface area (Å²) in [6.45, 7) is 2.03. The van der Waals surface area contributed by atoms with E-state index in [2.05, 4.69) is 15.3 Å². The number of carbonyl (C=O) groups is 1. The first-order valence-electron chi connectivity index (χ1n) is 9.62. The topological polar surface area (TPSA) is 50.2 Å². The molecule has 5 nitrogen and oxygen atoms in total. The van der Waals surface area contributed by atoms with E-state index in [4.69, 9.17) is 11.6 Å². The van der Waals surface area contributed by atoms with Crippen LogP contribution in [0.4, 0.5) is 11.4 Å². The maximum Gasteiger partial charge on any atom is 0.224 e. The number of nitrogens with one attached hydrogen (secondary N) is 1. The van der Waals surface area contributed by atoms with Crippen molar-refractivity contribution in [2.45, 2.75) is 25.7 Å². The van der Waals surface area contributed by atoms with Crippen molar-refractivity contribution in [3.63, 3.8) is 0 Å². The Balaban J connectivity index is 1.39. The number of benzene rings is 2. The fourth-order valence-electron chi connectivity index (χ4n) is 3.52. The third-order valence-corrected chi connectivity index (χ3v) is 5.21. The lowest BCUT2D eigenvalue weighted by Crippen LogP contribution is -2.21. The summed E-state index contributed by atoms with van der Waals surface area (Å²) >= 11 is 6.16. The van der Waals surface area contributed by atoms with E-state index in [-0.39, 0.29) is 5.91 Å². The molecule has 0 unspecified atom stereocenters. The van der Waals surface area contributed by atoms with Gasteiger partial charge in [0.15, 0.2) is 0 Å². The first kappa shape index (κ1) is 18.6. The molecular formula is C22H23ClN4O. The summed E-state index contributed by atoms with van der Waals surface area (Å²) in [4.78, 5) is 14.8. The van der Waals surface area contributed by atoms with Crippen LogP contribution in [-0.4, -0.2) is 28.8 Å². The van der Waals surface area contributed by atoms with Crippen LogP contribution < -0.4 is 10.2 Å². The van der Waals surface area contributed by atoms with Crippen molar-refractivity contribution in [1.82, 2.24) is 9.78 Å². The summed E-state index contributed by atoms with van der Waals surface area (Å²) in [6.07, 6.45) is 7.18. The van der Waals surface area contributed by atoms with Crippen LogP contribution in [0.3, 0.4) is 0 Å². The second kappa shape index (κ2) is 8.48. The molecule has 1 fully saturated rings. The van der Waals surface area contributed by atoms with E-state index < -0.39 is 0 Å². The van der Waals surface area contributed by atoms with Crippen LogP contribution in [0.25, 0.3) is 5.69 Å². The normalized spacial score (nSPS) is 13.7. The molecule has 4 rings (SSSR count). The third-order valence-electron chi connectivity index (χ3n) is 4.98. The SMILES string of the molecule is O=C(CCc1cnn(-c2ccccc2)c1)Nc1cc(Cl)ccc1N1CCCC1. The van der Waals surface area contributed by atoms with Gasteiger partial charge in [-0.3, -0.25) is 4.79 Å². The summed E-state index contributed by atoms with van der Waals surface area (Å²) in [5.74, 6) is -0.0184. The first-order chi connectivity index (χ1) is 13.7. The molecule has 2 heterocycles. The predicted molar refractivity (Wildman–Crippen MR) is 113 cm³/mol. The van der Waals surface area contributed by atoms with Crippen LogP contribution in [0.1, 0.15) is 24.8 Å². The zero-order chi connectivity index (χ0) is 19.3. The lowest BCUT2D eigenvalue weighted by Gasteiger charge is -2.21. The number of aromatic nitrogens is 2. The number of hydrogen-bond acceptors (Lipinski definition) is 3. The molecule has 1 aliphatic heterocycles. The molecule has 0 bridgehead atoms. The molecule has 0 aliphatic carbocycles. The van der Waals surface area contributed by atoms with Gasteiger partial charge in [-0.05, 0) is 55.2 Å². The first-order valence-corrected chi connectivity index (χ1v) is 10.0. The smallest absolute Gasteiger partial charge is 0.224 e. The highest BCUT2D eigenvalue weighted by atomic mass is 35.5. The number of para-hydroxylation sites is 1. The van der Waals surface area contributed by atoms with Crippen LogP contribution in [0, 0.1) is 0 Å². The van der Waals surface area contributed by atoms with Crippen LogP contribution in [0.5, 0.6) is 0 Å². The summed E-state index contributed by atoms with van der Waals surface area (Å²) < 4.78 is 1.83. The molecular weight excluding hydrogens is 372 g/mol. The van der Waals surface area contributed by atoms with E-state index in [9.17, 15) is 4.79 Å². The van der Waals surface area contributed by atoms with Gasteiger partial charge in [0.2, 0.25) is 5.91 Å². The van der Waals surface area contributed by atoms with Gasteiger partial charge < -0.3 is 10.2 Å². The maximum atomic E-state index is 12.5. The van der Waals surface area contributed by atoms with Crippen LogP contribution in [0.2, 0.25) is 5.02 Å². The Morgan fingerprint density at radius 2 is 1.89 bits per heavy atom. The average Bonchev–Trinajstić information content (AvgIpc) is 3.39. The van der Waals surface area contributed by atoms with E-state index in [1.54, 1.807) is 0 Å². The maximum absolute atomic E-state index is 12.5. The minimum Gasteiger partial charge on any atom is -0.370 e. The summed E-state index contributed by atoms with van der Waals surface area (Å²) in [5, 5.41) is 8.06. The monoisotopic (exact) mass is 394 g/mol. The van der Waals surface area contributed by atoms with Crippen molar-refractivity contribution in [1.29, 1.82) is 0 Å². The molecule has 1 aromatic heterocycles. The zero-order valence-corrected chi connectivity index (χ0v) is 16.4. The minimum absolute atomic E-state index is 0.0184. The molecule has 1 saturated heterocycles. The van der Waals surface area contributed by atoms with Gasteiger partial charge in [-0.25, -0.2) is 4.68 Å². The number of rotatable bonds is 6. The highest BCUT2D eigenvalue weighted by Gasteiger charge is 2.17. The van der Waals surface area contributed by atoms with E-state index in [1.807, 2.05) is 65.6 Å². The number of anilines is 2. The molecule has 6 heteroatoms. The van der Waals surface area contributed by atoms with Crippen molar-refractivity contribution >= 4 is 28.9 Å². The van der Waals surface area contributed by atoms with Gasteiger partial charge in [0, 0.05) is 30.7 Å². The Kier molecular flexibility index (Phi) is 5.63. The molecule has 3 aromatic rings. The second-order valence-electron chi connectivity index (χ2n) is 7.03. The Bertz CT molecular complexity index is 948. The molecule has 1 aliphatic rings. The Hall–Kier alpha value is -2.79. The van der Waals surface area contributed by atoms with Crippen molar-refractivity contribution in [2.75, 3.05) is 23.3 Å². The molecule has 1 N–H and O–H groups in total. The number of amides is 1. The van der Waals surface area contributed by atoms with E-state index >= 15 is 0 Å². The Morgan fingerprint density at radius 3 is 2.68 bits per heavy atom. The largest absolute Gasteiger partial charge is 0.370 e. The molecule has 0 spiro atoms. The summed E-state index contributed by atoms with van der Waals surface area (Å²) in [5.41, 5.74) is 3.88. The van der Waals surface area contributed by atoms with Gasteiger partial charge in [0.05, 0.1) is 23.3 Å². The quantitative estimate of drug-likeness (QED) is 0.659. The highest BCUT2D eigenvalue weighted by Crippen LogP contribution is 2.31. The van der Waals surface area contributed by atoms with Gasteiger partial charge in [0.25, 0.3) is 0 Å². The molecule has 0 saturated carbocycles. The number of halogens is 1. The lowest BCUT2D eigenvalue weighted by molar-refractivity contribution is -0.116. The van der Waals surface area contributed by atoms with E-state index in [0.29, 0.717) is 17.9 Å². The number of nitrogens with zero attached hydrogens (tertiary/aromatic N) is 3. The summed E-state index contributed by atoms with van der Waals surface area (Å²) in [6, 6.07) is 15.6. The van der Waals surface area contributed by atoms with Crippen LogP contribution >= 0.6 is 11.6 Å². The standard InChI is InChI=1S/C22H23ClN4O/c23-18-9-10-21(26-12-4-5-13-26)20(14-18)25-22(28)11-8-17-15-24-27(16-17)19-6-2-1-3-7-19/h1-3,6-7,9-10,14-16H,4-5,8,11-13H2,(H,25,28). The van der Waals surface area contributed by atoms with Gasteiger partial charge in [-0.1, -0.05) is 29.8 Å². The van der Waals surface area contributed by atoms with Gasteiger partial charge in [-0.2, -0.15) is 5.10 Å². The van der Waals surface area contributed by atoms with Gasteiger partial charge >= 0.3 is 0 Å². The number of hydrogen-bond donors (Lipinski definition) is 1. The Morgan fingerprint density at radius 1 is 1.11 bits per heavy atom. The van der Waals surface area contributed by atoms with Crippen LogP contribution in [0.15, 0.2) is 60.9 Å². The van der Waals surface area contributed by atoms with Crippen molar-refractivity contribution in [3.8, 4) is 5.69 Å². The molecule has 28 heavy (non-hydrogen) atoms. The number of carbonyl (C=O) groups excluding carboxylic acids is 1. The second-order valence-corrected chi connectivity index (χ2v) is 7.47.